The van der Waals surface area contributed by atoms with Crippen LogP contribution in [0.25, 0.3) is 0 Å². The molecule has 0 saturated carbocycles. The van der Waals surface area contributed by atoms with E-state index in [4.69, 9.17) is 21.1 Å². The van der Waals surface area contributed by atoms with Gasteiger partial charge in [0.2, 0.25) is 0 Å². The maximum absolute atomic E-state index is 12.8. The molecule has 2 heterocycles. The fourth-order valence-corrected chi connectivity index (χ4v) is 6.27. The third-order valence-corrected chi connectivity index (χ3v) is 7.63. The number of likely N-dealkylation sites (N-methyl/N-ethyl adjacent to an activating group) is 1. The van der Waals surface area contributed by atoms with Crippen LogP contribution < -0.4 is 9.47 Å². The predicted molar refractivity (Wildman–Crippen MR) is 112 cm³/mol. The van der Waals surface area contributed by atoms with Gasteiger partial charge in [0.05, 0.1) is 5.56 Å². The fraction of sp³-hybridized carbons (Fsp3) is 0.375. The molecule has 6 rings (SSSR count). The summed E-state index contributed by atoms with van der Waals surface area (Å²) in [4.78, 5) is 15.2. The zero-order valence-corrected chi connectivity index (χ0v) is 17.3. The third-order valence-electron chi connectivity index (χ3n) is 7.40. The highest BCUT2D eigenvalue weighted by Crippen LogP contribution is 2.62. The first-order valence-corrected chi connectivity index (χ1v) is 10.7. The van der Waals surface area contributed by atoms with E-state index >= 15 is 0 Å². The van der Waals surface area contributed by atoms with Gasteiger partial charge < -0.3 is 19.5 Å². The van der Waals surface area contributed by atoms with Crippen molar-refractivity contribution in [3.05, 3.63) is 70.3 Å². The molecule has 0 amide bonds. The van der Waals surface area contributed by atoms with Crippen LogP contribution in [-0.4, -0.2) is 47.8 Å². The Balaban J connectivity index is 1.46. The summed E-state index contributed by atoms with van der Waals surface area (Å²) in [6.07, 6.45) is 4.83. The van der Waals surface area contributed by atoms with Gasteiger partial charge in [0.25, 0.3) is 0 Å². The van der Waals surface area contributed by atoms with Crippen molar-refractivity contribution in [3.8, 4) is 11.5 Å². The van der Waals surface area contributed by atoms with Crippen LogP contribution >= 0.6 is 11.6 Å². The molecule has 5 nitrogen and oxygen atoms in total. The normalized spacial score (nSPS) is 33.0. The molecule has 1 saturated heterocycles. The van der Waals surface area contributed by atoms with Crippen molar-refractivity contribution in [2.45, 2.75) is 36.5 Å². The van der Waals surface area contributed by atoms with E-state index < -0.39 is 12.1 Å². The topological polar surface area (TPSA) is 59.0 Å². The van der Waals surface area contributed by atoms with Crippen LogP contribution in [0.2, 0.25) is 5.02 Å². The van der Waals surface area contributed by atoms with Gasteiger partial charge in [0.15, 0.2) is 11.5 Å². The first kappa shape index (κ1) is 18.4. The van der Waals surface area contributed by atoms with Crippen LogP contribution in [0.4, 0.5) is 0 Å². The number of nitrogens with zero attached hydrogens (tertiary/aromatic N) is 1. The molecule has 1 spiro atoms. The van der Waals surface area contributed by atoms with E-state index in [2.05, 4.69) is 24.1 Å². The average molecular weight is 424 g/mol. The summed E-state index contributed by atoms with van der Waals surface area (Å²) in [6.45, 7) is 0.951. The number of hydrogen-bond acceptors (Lipinski definition) is 5. The second-order valence-corrected chi connectivity index (χ2v) is 9.25. The highest BCUT2D eigenvalue weighted by molar-refractivity contribution is 6.30. The summed E-state index contributed by atoms with van der Waals surface area (Å²) in [5, 5.41) is 11.3. The quantitative estimate of drug-likeness (QED) is 0.456. The van der Waals surface area contributed by atoms with E-state index in [0.717, 1.165) is 24.9 Å². The van der Waals surface area contributed by atoms with Crippen molar-refractivity contribution in [3.63, 3.8) is 0 Å². The second kappa shape index (κ2) is 6.33. The molecule has 0 aromatic heterocycles. The molecule has 30 heavy (non-hydrogen) atoms. The summed E-state index contributed by atoms with van der Waals surface area (Å²) in [6, 6.07) is 11.0. The number of carbonyl (C=O) groups is 1. The molecule has 2 bridgehead atoms. The fourth-order valence-electron chi connectivity index (χ4n) is 6.08. The second-order valence-electron chi connectivity index (χ2n) is 8.81. The number of benzene rings is 2. The monoisotopic (exact) mass is 423 g/mol. The van der Waals surface area contributed by atoms with E-state index in [0.29, 0.717) is 28.1 Å². The van der Waals surface area contributed by atoms with E-state index in [-0.39, 0.29) is 17.4 Å². The zero-order chi connectivity index (χ0) is 20.6. The van der Waals surface area contributed by atoms with Gasteiger partial charge in [-0.15, -0.1) is 0 Å². The Morgan fingerprint density at radius 1 is 1.30 bits per heavy atom. The number of piperidine rings is 1. The number of aliphatic hydroxyl groups is 1. The maximum Gasteiger partial charge on any atom is 0.343 e. The molecule has 1 fully saturated rings. The van der Waals surface area contributed by atoms with Crippen molar-refractivity contribution in [2.75, 3.05) is 13.6 Å². The summed E-state index contributed by atoms with van der Waals surface area (Å²) < 4.78 is 12.2. The number of esters is 1. The van der Waals surface area contributed by atoms with Gasteiger partial charge in [-0.1, -0.05) is 35.9 Å². The molecule has 5 atom stereocenters. The lowest BCUT2D eigenvalue weighted by Gasteiger charge is -2.56. The van der Waals surface area contributed by atoms with Gasteiger partial charge in [-0.2, -0.15) is 0 Å². The van der Waals surface area contributed by atoms with Crippen LogP contribution in [0.1, 0.15) is 27.9 Å². The minimum absolute atomic E-state index is 0.271. The van der Waals surface area contributed by atoms with E-state index in [9.17, 15) is 9.90 Å². The smallest absolute Gasteiger partial charge is 0.343 e. The largest absolute Gasteiger partial charge is 0.482 e. The molecule has 0 radical (unpaired) electrons. The van der Waals surface area contributed by atoms with Gasteiger partial charge >= 0.3 is 5.97 Å². The van der Waals surface area contributed by atoms with Crippen molar-refractivity contribution in [1.82, 2.24) is 4.90 Å². The van der Waals surface area contributed by atoms with Crippen LogP contribution in [0.3, 0.4) is 0 Å². The Labute approximate surface area is 179 Å². The van der Waals surface area contributed by atoms with Gasteiger partial charge in [0, 0.05) is 28.0 Å². The molecule has 1 N–H and O–H groups in total. The molecule has 2 aliphatic heterocycles. The molecule has 2 aromatic rings. The maximum atomic E-state index is 12.8. The summed E-state index contributed by atoms with van der Waals surface area (Å²) in [5.74, 6) is 0.823. The molecular weight excluding hydrogens is 402 g/mol. The Morgan fingerprint density at radius 2 is 2.17 bits per heavy atom. The number of aliphatic hydroxyl groups excluding tert-OH is 1. The first-order valence-electron chi connectivity index (χ1n) is 10.4. The van der Waals surface area contributed by atoms with Crippen LogP contribution in [0, 0.1) is 5.92 Å². The molecule has 154 valence electrons. The number of ether oxygens (including phenoxy) is 2. The summed E-state index contributed by atoms with van der Waals surface area (Å²) in [7, 11) is 2.17. The van der Waals surface area contributed by atoms with E-state index in [1.54, 1.807) is 24.3 Å². The van der Waals surface area contributed by atoms with Crippen LogP contribution in [0.5, 0.6) is 11.5 Å². The van der Waals surface area contributed by atoms with Gasteiger partial charge in [0.1, 0.15) is 12.2 Å². The highest BCUT2D eigenvalue weighted by Gasteiger charge is 2.64. The van der Waals surface area contributed by atoms with Crippen LogP contribution in [-0.2, 0) is 11.8 Å². The van der Waals surface area contributed by atoms with E-state index in [1.165, 1.54) is 5.56 Å². The minimum atomic E-state index is -0.680. The van der Waals surface area contributed by atoms with E-state index in [1.807, 2.05) is 12.1 Å². The lowest BCUT2D eigenvalue weighted by Crippen LogP contribution is -2.64. The predicted octanol–water partition coefficient (Wildman–Crippen LogP) is 3.37. The summed E-state index contributed by atoms with van der Waals surface area (Å²) >= 11 is 6.03. The third kappa shape index (κ3) is 2.34. The molecule has 2 aromatic carbocycles. The summed E-state index contributed by atoms with van der Waals surface area (Å²) in [5.41, 5.74) is 2.47. The molecule has 4 aliphatic rings. The number of rotatable bonds is 2. The lowest BCUT2D eigenvalue weighted by molar-refractivity contribution is -0.0453. The van der Waals surface area contributed by atoms with Crippen molar-refractivity contribution in [1.29, 1.82) is 0 Å². The standard InChI is InChI=1S/C24H22ClNO4/c1-26-10-9-24-16-6-7-18(27)22(24)30-21-19(8-5-13(20(21)24)12-17(16)26)29-23(28)14-3-2-4-15(25)11-14/h2-8,11,16-18,22,27H,9-10,12H2,1H3/t16-,17+,18-,22-,24-/m0/s1. The van der Waals surface area contributed by atoms with Crippen molar-refractivity contribution in [2.24, 2.45) is 5.92 Å². The Hall–Kier alpha value is -2.34. The van der Waals surface area contributed by atoms with Crippen molar-refractivity contribution >= 4 is 17.6 Å². The average Bonchev–Trinajstić information content (AvgIpc) is 3.09. The highest BCUT2D eigenvalue weighted by atomic mass is 35.5. The zero-order valence-electron chi connectivity index (χ0n) is 16.5. The Bertz CT molecular complexity index is 1100. The van der Waals surface area contributed by atoms with Gasteiger partial charge in [-0.3, -0.25) is 0 Å². The molecular formula is C24H22ClNO4. The first-order chi connectivity index (χ1) is 14.5. The number of halogens is 1. The Kier molecular flexibility index (Phi) is 3.89. The number of hydrogen-bond donors (Lipinski definition) is 1. The number of likely N-dealkylation sites (tertiary alicyclic amines) is 1. The molecule has 6 heteroatoms. The lowest BCUT2D eigenvalue weighted by atomic mass is 9.53. The van der Waals surface area contributed by atoms with Gasteiger partial charge in [-0.25, -0.2) is 4.79 Å². The number of carbonyl (C=O) groups excluding carboxylic acids is 1. The minimum Gasteiger partial charge on any atom is -0.482 e. The van der Waals surface area contributed by atoms with Crippen molar-refractivity contribution < 1.29 is 19.4 Å². The molecule has 0 unspecified atom stereocenters. The van der Waals surface area contributed by atoms with Gasteiger partial charge in [-0.05, 0) is 56.3 Å². The van der Waals surface area contributed by atoms with Crippen LogP contribution in [0.15, 0.2) is 48.6 Å². The SMILES string of the molecule is CN1CC[C@]23c4c5ccc(OC(=O)c6cccc(Cl)c6)c4O[C@H]2[C@@H](O)C=C[C@H]3[C@H]1C5. The molecule has 2 aliphatic carbocycles. The Morgan fingerprint density at radius 3 is 3.00 bits per heavy atom.